The molecule has 25 heavy (non-hydrogen) atoms. The molecule has 0 aliphatic carbocycles. The lowest BCUT2D eigenvalue weighted by atomic mass is 9.91. The van der Waals surface area contributed by atoms with Crippen LogP contribution in [0.25, 0.3) is 0 Å². The van der Waals surface area contributed by atoms with Crippen molar-refractivity contribution in [3.8, 4) is 6.07 Å². The van der Waals surface area contributed by atoms with E-state index in [1.54, 1.807) is 36.7 Å². The Morgan fingerprint density at radius 1 is 1.04 bits per heavy atom. The quantitative estimate of drug-likeness (QED) is 0.772. The molecule has 4 heteroatoms. The van der Waals surface area contributed by atoms with Gasteiger partial charge in [0.05, 0.1) is 17.6 Å². The van der Waals surface area contributed by atoms with E-state index in [9.17, 15) is 4.79 Å². The van der Waals surface area contributed by atoms with Crippen molar-refractivity contribution in [3.63, 3.8) is 0 Å². The fourth-order valence-electron chi connectivity index (χ4n) is 2.70. The number of anilines is 1. The second-order valence-corrected chi connectivity index (χ2v) is 5.70. The third-order valence-electron chi connectivity index (χ3n) is 3.97. The van der Waals surface area contributed by atoms with E-state index in [4.69, 9.17) is 5.26 Å². The summed E-state index contributed by atoms with van der Waals surface area (Å²) in [5.41, 5.74) is 3.14. The van der Waals surface area contributed by atoms with Crippen LogP contribution in [0.3, 0.4) is 0 Å². The molecule has 0 aliphatic heterocycles. The highest BCUT2D eigenvalue weighted by atomic mass is 16.1. The topological polar surface area (TPSA) is 65.8 Å². The molecule has 3 rings (SSSR count). The molecule has 0 saturated heterocycles. The molecule has 122 valence electrons. The molecule has 1 heterocycles. The number of hydrogen-bond acceptors (Lipinski definition) is 3. The Kier molecular flexibility index (Phi) is 5.18. The summed E-state index contributed by atoms with van der Waals surface area (Å²) in [6, 6.07) is 22.5. The number of benzene rings is 2. The molecule has 3 aromatic rings. The van der Waals surface area contributed by atoms with Crippen LogP contribution in [0.15, 0.2) is 79.1 Å². The third-order valence-corrected chi connectivity index (χ3v) is 3.97. The third kappa shape index (κ3) is 4.30. The Morgan fingerprint density at radius 2 is 1.80 bits per heavy atom. The lowest BCUT2D eigenvalue weighted by Crippen LogP contribution is -2.23. The molecule has 0 spiro atoms. The van der Waals surface area contributed by atoms with Gasteiger partial charge < -0.3 is 5.32 Å². The Bertz CT molecular complexity index is 886. The molecular weight excluding hydrogens is 310 g/mol. The zero-order valence-electron chi connectivity index (χ0n) is 13.6. The smallest absolute Gasteiger partial charge is 0.232 e. The maximum absolute atomic E-state index is 12.9. The molecule has 0 bridgehead atoms. The van der Waals surface area contributed by atoms with Gasteiger partial charge in [-0.2, -0.15) is 5.26 Å². The van der Waals surface area contributed by atoms with E-state index in [1.165, 1.54) is 0 Å². The van der Waals surface area contributed by atoms with E-state index in [0.29, 0.717) is 17.7 Å². The first-order valence-electron chi connectivity index (χ1n) is 8.01. The lowest BCUT2D eigenvalue weighted by Gasteiger charge is -2.17. The van der Waals surface area contributed by atoms with Gasteiger partial charge in [-0.25, -0.2) is 0 Å². The van der Waals surface area contributed by atoms with Crippen LogP contribution in [0.1, 0.15) is 22.6 Å². The number of aromatic nitrogens is 1. The van der Waals surface area contributed by atoms with Gasteiger partial charge in [-0.05, 0) is 47.9 Å². The number of carbonyl (C=O) groups is 1. The van der Waals surface area contributed by atoms with Crippen molar-refractivity contribution < 1.29 is 4.79 Å². The SMILES string of the molecule is N#Cc1cccc(NC(=O)C(Cc2ccncc2)c2ccccc2)c1. The second kappa shape index (κ2) is 7.89. The monoisotopic (exact) mass is 327 g/mol. The first-order chi connectivity index (χ1) is 12.3. The van der Waals surface area contributed by atoms with Crippen molar-refractivity contribution in [3.05, 3.63) is 95.8 Å². The maximum atomic E-state index is 12.9. The molecule has 0 aliphatic rings. The summed E-state index contributed by atoms with van der Waals surface area (Å²) in [5.74, 6) is -0.424. The van der Waals surface area contributed by atoms with Crippen LogP contribution in [-0.4, -0.2) is 10.9 Å². The summed E-state index contributed by atoms with van der Waals surface area (Å²) in [7, 11) is 0. The fraction of sp³-hybridized carbons (Fsp3) is 0.0952. The highest BCUT2D eigenvalue weighted by Gasteiger charge is 2.21. The first kappa shape index (κ1) is 16.4. The number of carbonyl (C=O) groups excluding carboxylic acids is 1. The average molecular weight is 327 g/mol. The number of nitrogens with zero attached hydrogens (tertiary/aromatic N) is 2. The van der Waals surface area contributed by atoms with Crippen molar-refractivity contribution in [1.29, 1.82) is 5.26 Å². The fourth-order valence-corrected chi connectivity index (χ4v) is 2.70. The second-order valence-electron chi connectivity index (χ2n) is 5.70. The highest BCUT2D eigenvalue weighted by Crippen LogP contribution is 2.23. The van der Waals surface area contributed by atoms with Crippen LogP contribution < -0.4 is 5.32 Å². The summed E-state index contributed by atoms with van der Waals surface area (Å²) in [5, 5.41) is 11.9. The minimum atomic E-state index is -0.325. The minimum Gasteiger partial charge on any atom is -0.326 e. The van der Waals surface area contributed by atoms with Crippen molar-refractivity contribution >= 4 is 11.6 Å². The molecule has 1 unspecified atom stereocenters. The summed E-state index contributed by atoms with van der Waals surface area (Å²) >= 11 is 0. The minimum absolute atomic E-state index is 0.0990. The largest absolute Gasteiger partial charge is 0.326 e. The number of hydrogen-bond donors (Lipinski definition) is 1. The number of rotatable bonds is 5. The standard InChI is InChI=1S/C21H17N3O/c22-15-17-5-4-8-19(13-17)24-21(25)20(18-6-2-1-3-7-18)14-16-9-11-23-12-10-16/h1-13,20H,14H2,(H,24,25). The van der Waals surface area contributed by atoms with Crippen LogP contribution in [0.4, 0.5) is 5.69 Å². The van der Waals surface area contributed by atoms with Gasteiger partial charge >= 0.3 is 0 Å². The highest BCUT2D eigenvalue weighted by molar-refractivity contribution is 5.96. The Balaban J connectivity index is 1.85. The predicted molar refractivity (Wildman–Crippen MR) is 96.9 cm³/mol. The van der Waals surface area contributed by atoms with Gasteiger partial charge in [0.15, 0.2) is 0 Å². The lowest BCUT2D eigenvalue weighted by molar-refractivity contribution is -0.117. The molecule has 1 N–H and O–H groups in total. The number of amides is 1. The number of nitrogens with one attached hydrogen (secondary N) is 1. The zero-order valence-corrected chi connectivity index (χ0v) is 13.6. The molecular formula is C21H17N3O. The number of pyridine rings is 1. The van der Waals surface area contributed by atoms with E-state index < -0.39 is 0 Å². The molecule has 1 aromatic heterocycles. The Morgan fingerprint density at radius 3 is 2.52 bits per heavy atom. The van der Waals surface area contributed by atoms with Gasteiger partial charge in [-0.3, -0.25) is 9.78 Å². The van der Waals surface area contributed by atoms with E-state index in [0.717, 1.165) is 11.1 Å². The van der Waals surface area contributed by atoms with Gasteiger partial charge in [0.2, 0.25) is 5.91 Å². The maximum Gasteiger partial charge on any atom is 0.232 e. The predicted octanol–water partition coefficient (Wildman–Crippen LogP) is 3.92. The van der Waals surface area contributed by atoms with E-state index in [2.05, 4.69) is 16.4 Å². The Labute approximate surface area is 146 Å². The van der Waals surface area contributed by atoms with Crippen molar-refractivity contribution in [1.82, 2.24) is 4.98 Å². The molecule has 0 radical (unpaired) electrons. The van der Waals surface area contributed by atoms with E-state index in [1.807, 2.05) is 42.5 Å². The van der Waals surface area contributed by atoms with Gasteiger partial charge in [-0.1, -0.05) is 36.4 Å². The van der Waals surface area contributed by atoms with Crippen molar-refractivity contribution in [2.45, 2.75) is 12.3 Å². The normalized spacial score (nSPS) is 11.3. The van der Waals surface area contributed by atoms with Gasteiger partial charge in [0.25, 0.3) is 0 Å². The summed E-state index contributed by atoms with van der Waals surface area (Å²) < 4.78 is 0. The zero-order chi connectivity index (χ0) is 17.5. The summed E-state index contributed by atoms with van der Waals surface area (Å²) in [6.45, 7) is 0. The number of nitriles is 1. The van der Waals surface area contributed by atoms with Crippen LogP contribution in [0, 0.1) is 11.3 Å². The van der Waals surface area contributed by atoms with E-state index in [-0.39, 0.29) is 11.8 Å². The van der Waals surface area contributed by atoms with Gasteiger partial charge in [0, 0.05) is 18.1 Å². The van der Waals surface area contributed by atoms with Crippen LogP contribution in [0.5, 0.6) is 0 Å². The summed E-state index contributed by atoms with van der Waals surface area (Å²) in [4.78, 5) is 16.9. The van der Waals surface area contributed by atoms with Crippen LogP contribution in [-0.2, 0) is 11.2 Å². The average Bonchev–Trinajstić information content (AvgIpc) is 2.67. The summed E-state index contributed by atoms with van der Waals surface area (Å²) in [6.07, 6.45) is 4.04. The first-order valence-corrected chi connectivity index (χ1v) is 8.01. The van der Waals surface area contributed by atoms with Gasteiger partial charge in [-0.15, -0.1) is 0 Å². The molecule has 0 fully saturated rings. The molecule has 4 nitrogen and oxygen atoms in total. The Hall–Kier alpha value is -3.45. The van der Waals surface area contributed by atoms with Crippen molar-refractivity contribution in [2.24, 2.45) is 0 Å². The van der Waals surface area contributed by atoms with Gasteiger partial charge in [0.1, 0.15) is 0 Å². The van der Waals surface area contributed by atoms with Crippen LogP contribution >= 0.6 is 0 Å². The van der Waals surface area contributed by atoms with Crippen LogP contribution in [0.2, 0.25) is 0 Å². The molecule has 1 amide bonds. The molecule has 2 aromatic carbocycles. The van der Waals surface area contributed by atoms with E-state index >= 15 is 0 Å². The molecule has 1 atom stereocenters. The molecule has 0 saturated carbocycles. The van der Waals surface area contributed by atoms with Crippen molar-refractivity contribution in [2.75, 3.05) is 5.32 Å².